The molecule has 2 aromatic rings. The number of nitrogens with zero attached hydrogens (tertiary/aromatic N) is 3. The van der Waals surface area contributed by atoms with Crippen LogP contribution in [0.3, 0.4) is 0 Å². The lowest BCUT2D eigenvalue weighted by Crippen LogP contribution is -2.18. The van der Waals surface area contributed by atoms with Gasteiger partial charge in [-0.3, -0.25) is 0 Å². The van der Waals surface area contributed by atoms with Crippen molar-refractivity contribution in [1.82, 2.24) is 14.8 Å². The Balaban J connectivity index is 2.87. The minimum atomic E-state index is -5.29. The van der Waals surface area contributed by atoms with Gasteiger partial charge in [-0.15, -0.1) is 0 Å². The fourth-order valence-corrected chi connectivity index (χ4v) is 1.85. The van der Waals surface area contributed by atoms with Gasteiger partial charge in [0.15, 0.2) is 11.5 Å². The smallest absolute Gasteiger partial charge is 0.436 e. The highest BCUT2D eigenvalue weighted by molar-refractivity contribution is 5.43. The van der Waals surface area contributed by atoms with Crippen LogP contribution in [-0.4, -0.2) is 21.9 Å². The van der Waals surface area contributed by atoms with Crippen molar-refractivity contribution >= 4 is 0 Å². The topological polar surface area (TPSA) is 39.9 Å². The normalized spacial score (nSPS) is 11.9. The summed E-state index contributed by atoms with van der Waals surface area (Å²) in [6.07, 6.45) is -5.29. The molecule has 0 amide bonds. The van der Waals surface area contributed by atoms with Gasteiger partial charge >= 0.3 is 6.18 Å². The van der Waals surface area contributed by atoms with Gasteiger partial charge in [0.2, 0.25) is 11.7 Å². The van der Waals surface area contributed by atoms with Crippen LogP contribution in [0.4, 0.5) is 26.3 Å². The van der Waals surface area contributed by atoms with Gasteiger partial charge in [-0.25, -0.2) is 9.37 Å². The van der Waals surface area contributed by atoms with E-state index in [2.05, 4.69) is 10.1 Å². The zero-order chi connectivity index (χ0) is 16.8. The number of aromatic nitrogens is 3. The van der Waals surface area contributed by atoms with Gasteiger partial charge in [-0.2, -0.15) is 31.7 Å². The van der Waals surface area contributed by atoms with Crippen LogP contribution in [0.15, 0.2) is 0 Å². The monoisotopic (exact) mass is 325 g/mol. The molecule has 2 aromatic heterocycles. The molecule has 10 heteroatoms. The number of rotatable bonds is 2. The fourth-order valence-electron chi connectivity index (χ4n) is 1.85. The lowest BCUT2D eigenvalue weighted by molar-refractivity contribution is -0.144. The fraction of sp³-hybridized carbons (Fsp3) is 0.333. The Morgan fingerprint density at radius 2 is 1.64 bits per heavy atom. The molecule has 120 valence electrons. The maximum atomic E-state index is 14.0. The lowest BCUT2D eigenvalue weighted by atomic mass is 10.2. The van der Waals surface area contributed by atoms with Crippen molar-refractivity contribution in [2.75, 3.05) is 7.11 Å². The molecule has 0 aliphatic heterocycles. The van der Waals surface area contributed by atoms with Crippen molar-refractivity contribution in [1.29, 1.82) is 0 Å². The molecule has 4 nitrogen and oxygen atoms in total. The van der Waals surface area contributed by atoms with Crippen molar-refractivity contribution in [3.63, 3.8) is 0 Å². The van der Waals surface area contributed by atoms with E-state index in [4.69, 9.17) is 4.74 Å². The zero-order valence-corrected chi connectivity index (χ0v) is 11.5. The minimum absolute atomic E-state index is 0.214. The van der Waals surface area contributed by atoms with Gasteiger partial charge in [0.25, 0.3) is 5.95 Å². The van der Waals surface area contributed by atoms with Crippen LogP contribution in [0.1, 0.15) is 17.0 Å². The summed E-state index contributed by atoms with van der Waals surface area (Å²) < 4.78 is 84.5. The Hall–Kier alpha value is -2.26. The summed E-state index contributed by atoms with van der Waals surface area (Å²) in [7, 11) is 1.14. The molecule has 0 fully saturated rings. The Labute approximate surface area is 120 Å². The number of alkyl halides is 3. The highest BCUT2D eigenvalue weighted by Crippen LogP contribution is 2.35. The molecule has 22 heavy (non-hydrogen) atoms. The number of aryl methyl sites for hydroxylation is 1. The zero-order valence-electron chi connectivity index (χ0n) is 11.5. The summed E-state index contributed by atoms with van der Waals surface area (Å²) in [6.45, 7) is 2.93. The highest BCUT2D eigenvalue weighted by Gasteiger charge is 2.40. The molecule has 0 atom stereocenters. The first-order valence-electron chi connectivity index (χ1n) is 5.81. The number of halogens is 6. The summed E-state index contributed by atoms with van der Waals surface area (Å²) in [5.41, 5.74) is -2.92. The van der Waals surface area contributed by atoms with Gasteiger partial charge in [-0.05, 0) is 13.8 Å². The van der Waals surface area contributed by atoms with E-state index < -0.39 is 35.1 Å². The number of hydrogen-bond acceptors (Lipinski definition) is 3. The predicted octanol–water partition coefficient (Wildman–Crippen LogP) is 3.33. The molecule has 0 N–H and O–H groups in total. The van der Waals surface area contributed by atoms with Gasteiger partial charge in [0.05, 0.1) is 12.8 Å². The SMILES string of the molecule is COc1c(C)c(C)nn1-c1c(F)c(F)nc(C(F)(F)F)c1F. The van der Waals surface area contributed by atoms with Crippen molar-refractivity contribution in [3.05, 3.63) is 34.5 Å². The molecule has 0 unspecified atom stereocenters. The average Bonchev–Trinajstić information content (AvgIpc) is 2.68. The molecule has 0 saturated heterocycles. The van der Waals surface area contributed by atoms with Crippen LogP contribution in [0.5, 0.6) is 5.88 Å². The van der Waals surface area contributed by atoms with Gasteiger partial charge < -0.3 is 4.74 Å². The second-order valence-electron chi connectivity index (χ2n) is 4.36. The van der Waals surface area contributed by atoms with E-state index in [-0.39, 0.29) is 11.6 Å². The Bertz CT molecular complexity index is 738. The van der Waals surface area contributed by atoms with E-state index in [0.29, 0.717) is 10.2 Å². The van der Waals surface area contributed by atoms with Crippen molar-refractivity contribution in [2.24, 2.45) is 0 Å². The van der Waals surface area contributed by atoms with E-state index in [1.165, 1.54) is 13.8 Å². The first-order chi connectivity index (χ1) is 10.1. The third kappa shape index (κ3) is 2.38. The van der Waals surface area contributed by atoms with Gasteiger partial charge in [0.1, 0.15) is 5.69 Å². The summed E-state index contributed by atoms with van der Waals surface area (Å²) in [5, 5.41) is 3.69. The van der Waals surface area contributed by atoms with Crippen LogP contribution in [0.25, 0.3) is 5.69 Å². The number of hydrogen-bond donors (Lipinski definition) is 0. The molecule has 0 saturated carbocycles. The second kappa shape index (κ2) is 5.18. The third-order valence-corrected chi connectivity index (χ3v) is 2.99. The molecular weight excluding hydrogens is 316 g/mol. The van der Waals surface area contributed by atoms with Crippen molar-refractivity contribution in [3.8, 4) is 11.6 Å². The van der Waals surface area contributed by atoms with E-state index in [1.54, 1.807) is 0 Å². The van der Waals surface area contributed by atoms with E-state index in [1.807, 2.05) is 0 Å². The summed E-state index contributed by atoms with van der Waals surface area (Å²) in [5.74, 6) is -6.27. The standard InChI is InChI=1S/C12H9F6N3O/c1-4-5(2)20-21(11(4)22-3)8-6(13)9(12(16,17)18)19-10(15)7(8)14/h1-3H3. The number of pyridine rings is 1. The maximum absolute atomic E-state index is 14.0. The van der Waals surface area contributed by atoms with E-state index >= 15 is 0 Å². The van der Waals surface area contributed by atoms with Gasteiger partial charge in [-0.1, -0.05) is 0 Å². The number of methoxy groups -OCH3 is 1. The molecule has 2 heterocycles. The predicted molar refractivity (Wildman–Crippen MR) is 62.3 cm³/mol. The van der Waals surface area contributed by atoms with Crippen molar-refractivity contribution < 1.29 is 31.1 Å². The van der Waals surface area contributed by atoms with Crippen LogP contribution in [-0.2, 0) is 6.18 Å². The second-order valence-corrected chi connectivity index (χ2v) is 4.36. The average molecular weight is 325 g/mol. The third-order valence-electron chi connectivity index (χ3n) is 2.99. The summed E-state index contributed by atoms with van der Waals surface area (Å²) >= 11 is 0. The largest absolute Gasteiger partial charge is 0.481 e. The first kappa shape index (κ1) is 16.1. The van der Waals surface area contributed by atoms with Crippen LogP contribution < -0.4 is 4.74 Å². The number of ether oxygens (including phenoxy) is 1. The molecule has 0 bridgehead atoms. The van der Waals surface area contributed by atoms with Crippen molar-refractivity contribution in [2.45, 2.75) is 20.0 Å². The Kier molecular flexibility index (Phi) is 3.80. The molecule has 0 radical (unpaired) electrons. The Morgan fingerprint density at radius 3 is 2.14 bits per heavy atom. The van der Waals surface area contributed by atoms with Crippen LogP contribution >= 0.6 is 0 Å². The molecule has 0 aromatic carbocycles. The molecule has 0 aliphatic carbocycles. The summed E-state index contributed by atoms with van der Waals surface area (Å²) in [6, 6.07) is 0. The van der Waals surface area contributed by atoms with E-state index in [0.717, 1.165) is 7.11 Å². The maximum Gasteiger partial charge on any atom is 0.436 e. The molecule has 0 spiro atoms. The first-order valence-corrected chi connectivity index (χ1v) is 5.81. The quantitative estimate of drug-likeness (QED) is 0.628. The summed E-state index contributed by atoms with van der Waals surface area (Å²) in [4.78, 5) is 2.29. The Morgan fingerprint density at radius 1 is 1.05 bits per heavy atom. The molecule has 2 rings (SSSR count). The molecular formula is C12H9F6N3O. The lowest BCUT2D eigenvalue weighted by Gasteiger charge is -2.13. The van der Waals surface area contributed by atoms with E-state index in [9.17, 15) is 26.3 Å². The minimum Gasteiger partial charge on any atom is -0.481 e. The highest BCUT2D eigenvalue weighted by atomic mass is 19.4. The van der Waals surface area contributed by atoms with Crippen LogP contribution in [0.2, 0.25) is 0 Å². The molecule has 0 aliphatic rings. The van der Waals surface area contributed by atoms with Crippen LogP contribution in [0, 0.1) is 31.4 Å². The van der Waals surface area contributed by atoms with Gasteiger partial charge in [0, 0.05) is 5.56 Å².